The molecule has 0 spiro atoms. The van der Waals surface area contributed by atoms with Crippen molar-refractivity contribution in [3.63, 3.8) is 0 Å². The quantitative estimate of drug-likeness (QED) is 0.917. The van der Waals surface area contributed by atoms with Gasteiger partial charge in [0.05, 0.1) is 12.8 Å². The van der Waals surface area contributed by atoms with Crippen LogP contribution >= 0.6 is 0 Å². The van der Waals surface area contributed by atoms with E-state index in [1.165, 1.54) is 5.56 Å². The van der Waals surface area contributed by atoms with Crippen molar-refractivity contribution in [3.8, 4) is 0 Å². The average molecular weight is 256 g/mol. The molecule has 2 aromatic rings. The van der Waals surface area contributed by atoms with Gasteiger partial charge in [0.25, 0.3) is 5.91 Å². The summed E-state index contributed by atoms with van der Waals surface area (Å²) in [5, 5.41) is 3.29. The van der Waals surface area contributed by atoms with Crippen LogP contribution in [0.3, 0.4) is 0 Å². The molecule has 0 atom stereocenters. The standard InChI is InChI=1S/C15H16N2O2/c1-17(10-13-3-2-8-19-13)15(18)12-5-4-11-6-7-16-14(11)9-12/h2-5,8-9,16H,6-7,10H2,1H3. The number of anilines is 1. The summed E-state index contributed by atoms with van der Waals surface area (Å²) in [6.07, 6.45) is 2.65. The Morgan fingerprint density at radius 2 is 2.32 bits per heavy atom. The first-order valence-electron chi connectivity index (χ1n) is 6.39. The normalized spacial score (nSPS) is 12.9. The van der Waals surface area contributed by atoms with Crippen LogP contribution in [0.25, 0.3) is 0 Å². The molecule has 1 aromatic heterocycles. The van der Waals surface area contributed by atoms with E-state index in [9.17, 15) is 4.79 Å². The summed E-state index contributed by atoms with van der Waals surface area (Å²) in [6, 6.07) is 9.56. The van der Waals surface area contributed by atoms with Crippen molar-refractivity contribution in [2.24, 2.45) is 0 Å². The summed E-state index contributed by atoms with van der Waals surface area (Å²) in [5.41, 5.74) is 3.07. The van der Waals surface area contributed by atoms with E-state index < -0.39 is 0 Å². The molecule has 4 nitrogen and oxygen atoms in total. The Hall–Kier alpha value is -2.23. The molecule has 3 rings (SSSR count). The van der Waals surface area contributed by atoms with Crippen molar-refractivity contribution in [3.05, 3.63) is 53.5 Å². The number of furan rings is 1. The van der Waals surface area contributed by atoms with Gasteiger partial charge in [-0.3, -0.25) is 4.79 Å². The Labute approximate surface area is 112 Å². The van der Waals surface area contributed by atoms with Gasteiger partial charge in [0.1, 0.15) is 5.76 Å². The summed E-state index contributed by atoms with van der Waals surface area (Å²) in [6.45, 7) is 1.44. The first kappa shape index (κ1) is 11.8. The zero-order chi connectivity index (χ0) is 13.2. The predicted octanol–water partition coefficient (Wildman–Crippen LogP) is 2.52. The first-order chi connectivity index (χ1) is 9.24. The van der Waals surface area contributed by atoms with E-state index in [1.54, 1.807) is 18.2 Å². The van der Waals surface area contributed by atoms with Crippen LogP contribution in [-0.2, 0) is 13.0 Å². The van der Waals surface area contributed by atoms with Crippen molar-refractivity contribution in [1.82, 2.24) is 4.90 Å². The highest BCUT2D eigenvalue weighted by molar-refractivity contribution is 5.95. The molecule has 1 aliphatic heterocycles. The van der Waals surface area contributed by atoms with Crippen LogP contribution < -0.4 is 5.32 Å². The number of hydrogen-bond donors (Lipinski definition) is 1. The van der Waals surface area contributed by atoms with Crippen LogP contribution in [0, 0.1) is 0 Å². The molecule has 1 N–H and O–H groups in total. The average Bonchev–Trinajstić information content (AvgIpc) is 3.07. The Balaban J connectivity index is 1.76. The molecule has 0 fully saturated rings. The molecular formula is C15H16N2O2. The first-order valence-corrected chi connectivity index (χ1v) is 6.39. The van der Waals surface area contributed by atoms with Crippen molar-refractivity contribution in [1.29, 1.82) is 0 Å². The van der Waals surface area contributed by atoms with Gasteiger partial charge in [-0.2, -0.15) is 0 Å². The fraction of sp³-hybridized carbons (Fsp3) is 0.267. The second-order valence-corrected chi connectivity index (χ2v) is 4.79. The van der Waals surface area contributed by atoms with Crippen LogP contribution in [0.5, 0.6) is 0 Å². The van der Waals surface area contributed by atoms with Crippen molar-refractivity contribution in [2.75, 3.05) is 18.9 Å². The molecule has 0 saturated heterocycles. The Morgan fingerprint density at radius 3 is 3.11 bits per heavy atom. The van der Waals surface area contributed by atoms with Gasteiger partial charge in [-0.05, 0) is 36.2 Å². The molecule has 0 bridgehead atoms. The smallest absolute Gasteiger partial charge is 0.254 e. The number of hydrogen-bond acceptors (Lipinski definition) is 3. The third-order valence-electron chi connectivity index (χ3n) is 3.39. The van der Waals surface area contributed by atoms with Crippen molar-refractivity contribution in [2.45, 2.75) is 13.0 Å². The van der Waals surface area contributed by atoms with Crippen LogP contribution in [0.15, 0.2) is 41.0 Å². The lowest BCUT2D eigenvalue weighted by Gasteiger charge is -2.16. The molecule has 0 saturated carbocycles. The lowest BCUT2D eigenvalue weighted by Crippen LogP contribution is -2.26. The van der Waals surface area contributed by atoms with Gasteiger partial charge in [0.15, 0.2) is 0 Å². The van der Waals surface area contributed by atoms with E-state index in [1.807, 2.05) is 30.3 Å². The number of rotatable bonds is 3. The van der Waals surface area contributed by atoms with Crippen LogP contribution in [0.1, 0.15) is 21.7 Å². The predicted molar refractivity (Wildman–Crippen MR) is 73.1 cm³/mol. The molecule has 2 heterocycles. The molecule has 1 amide bonds. The highest BCUT2D eigenvalue weighted by Crippen LogP contribution is 2.23. The second kappa shape index (κ2) is 4.80. The van der Waals surface area contributed by atoms with E-state index >= 15 is 0 Å². The highest BCUT2D eigenvalue weighted by atomic mass is 16.3. The summed E-state index contributed by atoms with van der Waals surface area (Å²) in [5.74, 6) is 0.794. The molecule has 0 radical (unpaired) electrons. The lowest BCUT2D eigenvalue weighted by atomic mass is 10.1. The number of carbonyl (C=O) groups excluding carboxylic acids is 1. The van der Waals surface area contributed by atoms with Gasteiger partial charge in [0.2, 0.25) is 0 Å². The number of nitrogens with one attached hydrogen (secondary N) is 1. The molecule has 19 heavy (non-hydrogen) atoms. The van der Waals surface area contributed by atoms with Crippen LogP contribution in [0.2, 0.25) is 0 Å². The Kier molecular flexibility index (Phi) is 2.99. The SMILES string of the molecule is CN(Cc1ccco1)C(=O)c1ccc2c(c1)NCC2. The molecule has 0 aliphatic carbocycles. The van der Waals surface area contributed by atoms with E-state index in [4.69, 9.17) is 4.42 Å². The summed E-state index contributed by atoms with van der Waals surface area (Å²) >= 11 is 0. The zero-order valence-electron chi connectivity index (χ0n) is 10.8. The third-order valence-corrected chi connectivity index (χ3v) is 3.39. The summed E-state index contributed by atoms with van der Waals surface area (Å²) < 4.78 is 5.26. The minimum absolute atomic E-state index is 0.00731. The number of amides is 1. The van der Waals surface area contributed by atoms with E-state index in [-0.39, 0.29) is 5.91 Å². The van der Waals surface area contributed by atoms with Gasteiger partial charge in [0, 0.05) is 24.8 Å². The van der Waals surface area contributed by atoms with Crippen molar-refractivity contribution < 1.29 is 9.21 Å². The number of benzene rings is 1. The minimum atomic E-state index is 0.00731. The van der Waals surface area contributed by atoms with Crippen LogP contribution in [0.4, 0.5) is 5.69 Å². The van der Waals surface area contributed by atoms with E-state index in [0.29, 0.717) is 12.1 Å². The Morgan fingerprint density at radius 1 is 1.42 bits per heavy atom. The fourth-order valence-electron chi connectivity index (χ4n) is 2.35. The lowest BCUT2D eigenvalue weighted by molar-refractivity contribution is 0.0775. The minimum Gasteiger partial charge on any atom is -0.467 e. The molecule has 1 aromatic carbocycles. The number of nitrogens with zero attached hydrogens (tertiary/aromatic N) is 1. The molecule has 4 heteroatoms. The van der Waals surface area contributed by atoms with Crippen molar-refractivity contribution >= 4 is 11.6 Å². The third kappa shape index (κ3) is 2.34. The van der Waals surface area contributed by atoms with Gasteiger partial charge in [-0.1, -0.05) is 6.07 Å². The number of carbonyl (C=O) groups is 1. The van der Waals surface area contributed by atoms with Gasteiger partial charge >= 0.3 is 0 Å². The van der Waals surface area contributed by atoms with E-state index in [0.717, 1.165) is 24.4 Å². The van der Waals surface area contributed by atoms with Gasteiger partial charge in [-0.15, -0.1) is 0 Å². The Bertz CT molecular complexity index is 590. The largest absolute Gasteiger partial charge is 0.467 e. The van der Waals surface area contributed by atoms with Gasteiger partial charge < -0.3 is 14.6 Å². The second-order valence-electron chi connectivity index (χ2n) is 4.79. The summed E-state index contributed by atoms with van der Waals surface area (Å²) in [4.78, 5) is 14.0. The topological polar surface area (TPSA) is 45.5 Å². The molecule has 98 valence electrons. The zero-order valence-corrected chi connectivity index (χ0v) is 10.8. The fourth-order valence-corrected chi connectivity index (χ4v) is 2.35. The molecular weight excluding hydrogens is 240 g/mol. The van der Waals surface area contributed by atoms with Gasteiger partial charge in [-0.25, -0.2) is 0 Å². The maximum atomic E-state index is 12.3. The van der Waals surface area contributed by atoms with E-state index in [2.05, 4.69) is 5.32 Å². The summed E-state index contributed by atoms with van der Waals surface area (Å²) in [7, 11) is 1.78. The number of fused-ring (bicyclic) bond motifs is 1. The molecule has 0 unspecified atom stereocenters. The molecule has 1 aliphatic rings. The monoisotopic (exact) mass is 256 g/mol. The highest BCUT2D eigenvalue weighted by Gasteiger charge is 2.16. The van der Waals surface area contributed by atoms with Crippen LogP contribution in [-0.4, -0.2) is 24.4 Å². The maximum Gasteiger partial charge on any atom is 0.254 e. The maximum absolute atomic E-state index is 12.3.